The Balaban J connectivity index is 1.86. The van der Waals surface area contributed by atoms with Crippen molar-refractivity contribution in [3.8, 4) is 0 Å². The summed E-state index contributed by atoms with van der Waals surface area (Å²) in [5, 5.41) is 3.63. The van der Waals surface area contributed by atoms with Crippen LogP contribution in [0.15, 0.2) is 0 Å². The minimum atomic E-state index is 0.368. The molecule has 2 aliphatic heterocycles. The lowest BCUT2D eigenvalue weighted by atomic mass is 10.0. The van der Waals surface area contributed by atoms with E-state index in [2.05, 4.69) is 31.0 Å². The lowest BCUT2D eigenvalue weighted by Crippen LogP contribution is -2.52. The van der Waals surface area contributed by atoms with Crippen LogP contribution < -0.4 is 5.32 Å². The maximum atomic E-state index is 5.78. The predicted octanol–water partition coefficient (Wildman–Crippen LogP) is 1.50. The highest BCUT2D eigenvalue weighted by molar-refractivity contribution is 4.87. The van der Waals surface area contributed by atoms with Gasteiger partial charge >= 0.3 is 0 Å². The minimum Gasteiger partial charge on any atom is -0.379 e. The van der Waals surface area contributed by atoms with Crippen LogP contribution >= 0.6 is 0 Å². The van der Waals surface area contributed by atoms with Gasteiger partial charge in [0.25, 0.3) is 0 Å². The molecule has 0 aliphatic carbocycles. The number of hydrogen-bond acceptors (Lipinski definition) is 4. The van der Waals surface area contributed by atoms with Crippen LogP contribution in [0.3, 0.4) is 0 Å². The summed E-state index contributed by atoms with van der Waals surface area (Å²) in [6.45, 7) is 12.6. The van der Waals surface area contributed by atoms with E-state index in [0.29, 0.717) is 24.1 Å². The Hall–Kier alpha value is -0.160. The van der Waals surface area contributed by atoms with Crippen molar-refractivity contribution in [2.45, 2.75) is 51.8 Å². The first-order valence-electron chi connectivity index (χ1n) is 7.91. The predicted molar refractivity (Wildman–Crippen MR) is 77.5 cm³/mol. The Bertz CT molecular complexity index is 263. The fourth-order valence-electron chi connectivity index (χ4n) is 3.15. The maximum absolute atomic E-state index is 5.78. The van der Waals surface area contributed by atoms with Crippen LogP contribution in [-0.2, 0) is 9.47 Å². The van der Waals surface area contributed by atoms with Crippen LogP contribution in [0, 0.1) is 5.92 Å². The third kappa shape index (κ3) is 4.15. The smallest absolute Gasteiger partial charge is 0.0674 e. The molecule has 0 amide bonds. The van der Waals surface area contributed by atoms with Gasteiger partial charge in [0.05, 0.1) is 25.9 Å². The van der Waals surface area contributed by atoms with Crippen molar-refractivity contribution in [2.75, 3.05) is 39.5 Å². The molecule has 0 aromatic rings. The molecular formula is C15H30N2O2. The third-order valence-electron chi connectivity index (χ3n) is 4.38. The Labute approximate surface area is 117 Å². The van der Waals surface area contributed by atoms with Crippen LogP contribution in [0.25, 0.3) is 0 Å². The van der Waals surface area contributed by atoms with Crippen LogP contribution in [0.4, 0.5) is 0 Å². The first kappa shape index (κ1) is 15.2. The molecule has 4 unspecified atom stereocenters. The maximum Gasteiger partial charge on any atom is 0.0674 e. The van der Waals surface area contributed by atoms with Crippen molar-refractivity contribution in [3.63, 3.8) is 0 Å². The number of nitrogens with zero attached hydrogens (tertiary/aromatic N) is 1. The summed E-state index contributed by atoms with van der Waals surface area (Å²) in [6.07, 6.45) is 2.73. The molecule has 2 saturated heterocycles. The van der Waals surface area contributed by atoms with Gasteiger partial charge in [-0.05, 0) is 26.3 Å². The zero-order chi connectivity index (χ0) is 13.7. The molecule has 4 atom stereocenters. The van der Waals surface area contributed by atoms with Crippen molar-refractivity contribution in [2.24, 2.45) is 5.92 Å². The molecule has 1 N–H and O–H groups in total. The van der Waals surface area contributed by atoms with E-state index in [-0.39, 0.29) is 0 Å². The highest BCUT2D eigenvalue weighted by atomic mass is 16.5. The van der Waals surface area contributed by atoms with Crippen LogP contribution in [0.1, 0.15) is 33.6 Å². The molecule has 0 aromatic heterocycles. The molecule has 19 heavy (non-hydrogen) atoms. The largest absolute Gasteiger partial charge is 0.379 e. The highest BCUT2D eigenvalue weighted by Crippen LogP contribution is 2.21. The summed E-state index contributed by atoms with van der Waals surface area (Å²) in [5.41, 5.74) is 0. The van der Waals surface area contributed by atoms with E-state index in [1.54, 1.807) is 0 Å². The van der Waals surface area contributed by atoms with E-state index >= 15 is 0 Å². The van der Waals surface area contributed by atoms with Crippen molar-refractivity contribution in [1.82, 2.24) is 10.2 Å². The molecule has 4 nitrogen and oxygen atoms in total. The summed E-state index contributed by atoms with van der Waals surface area (Å²) in [4.78, 5) is 2.62. The van der Waals surface area contributed by atoms with Gasteiger partial charge in [-0.25, -0.2) is 0 Å². The SMILES string of the molecule is CCCNC1COCC1CN1CC(C)OCC1CC. The van der Waals surface area contributed by atoms with Gasteiger partial charge in [0.1, 0.15) is 0 Å². The Morgan fingerprint density at radius 3 is 2.79 bits per heavy atom. The Morgan fingerprint density at radius 1 is 1.21 bits per heavy atom. The fourth-order valence-corrected chi connectivity index (χ4v) is 3.15. The molecule has 2 aliphatic rings. The van der Waals surface area contributed by atoms with Gasteiger partial charge in [0.2, 0.25) is 0 Å². The molecule has 4 heteroatoms. The number of hydrogen-bond donors (Lipinski definition) is 1. The number of rotatable bonds is 6. The van der Waals surface area contributed by atoms with E-state index in [4.69, 9.17) is 9.47 Å². The van der Waals surface area contributed by atoms with Crippen LogP contribution in [0.5, 0.6) is 0 Å². The van der Waals surface area contributed by atoms with E-state index in [0.717, 1.165) is 39.5 Å². The van der Waals surface area contributed by atoms with Crippen molar-refractivity contribution in [1.29, 1.82) is 0 Å². The second kappa shape index (κ2) is 7.58. The molecule has 112 valence electrons. The minimum absolute atomic E-state index is 0.368. The average molecular weight is 270 g/mol. The average Bonchev–Trinajstić information content (AvgIpc) is 2.84. The lowest BCUT2D eigenvalue weighted by molar-refractivity contribution is -0.0615. The van der Waals surface area contributed by atoms with Crippen molar-refractivity contribution < 1.29 is 9.47 Å². The van der Waals surface area contributed by atoms with E-state index in [1.165, 1.54) is 12.8 Å². The molecule has 2 rings (SSSR count). The zero-order valence-corrected chi connectivity index (χ0v) is 12.7. The van der Waals surface area contributed by atoms with Crippen LogP contribution in [-0.4, -0.2) is 62.5 Å². The number of nitrogens with one attached hydrogen (secondary N) is 1. The molecule has 0 radical (unpaired) electrons. The van der Waals surface area contributed by atoms with Gasteiger partial charge in [-0.15, -0.1) is 0 Å². The topological polar surface area (TPSA) is 33.7 Å². The standard InChI is InChI=1S/C15H30N2O2/c1-4-6-16-15-11-18-9-13(15)8-17-7-12(3)19-10-14(17)5-2/h12-16H,4-11H2,1-3H3. The van der Waals surface area contributed by atoms with Crippen molar-refractivity contribution >= 4 is 0 Å². The molecule has 2 fully saturated rings. The summed E-state index contributed by atoms with van der Waals surface area (Å²) in [7, 11) is 0. The molecule has 0 bridgehead atoms. The molecule has 0 spiro atoms. The van der Waals surface area contributed by atoms with Gasteiger partial charge < -0.3 is 14.8 Å². The van der Waals surface area contributed by atoms with Gasteiger partial charge in [-0.1, -0.05) is 13.8 Å². The number of ether oxygens (including phenoxy) is 2. The summed E-state index contributed by atoms with van der Waals surface area (Å²) in [5.74, 6) is 0.630. The lowest BCUT2D eigenvalue weighted by Gasteiger charge is -2.40. The van der Waals surface area contributed by atoms with E-state index in [1.807, 2.05) is 0 Å². The summed E-state index contributed by atoms with van der Waals surface area (Å²) >= 11 is 0. The normalized spacial score (nSPS) is 36.8. The first-order valence-corrected chi connectivity index (χ1v) is 7.91. The molecule has 2 heterocycles. The Morgan fingerprint density at radius 2 is 2.05 bits per heavy atom. The Kier molecular flexibility index (Phi) is 6.07. The molecule has 0 aromatic carbocycles. The van der Waals surface area contributed by atoms with Gasteiger partial charge in [-0.2, -0.15) is 0 Å². The van der Waals surface area contributed by atoms with E-state index < -0.39 is 0 Å². The number of morpholine rings is 1. The van der Waals surface area contributed by atoms with Gasteiger partial charge in [0, 0.05) is 31.1 Å². The second-order valence-corrected chi connectivity index (χ2v) is 6.02. The first-order chi connectivity index (χ1) is 9.24. The molecular weight excluding hydrogens is 240 g/mol. The van der Waals surface area contributed by atoms with Crippen LogP contribution in [0.2, 0.25) is 0 Å². The van der Waals surface area contributed by atoms with E-state index in [9.17, 15) is 0 Å². The fraction of sp³-hybridized carbons (Fsp3) is 1.00. The third-order valence-corrected chi connectivity index (χ3v) is 4.38. The quantitative estimate of drug-likeness (QED) is 0.793. The summed E-state index contributed by atoms with van der Waals surface area (Å²) < 4.78 is 11.5. The molecule has 0 saturated carbocycles. The van der Waals surface area contributed by atoms with Gasteiger partial charge in [-0.3, -0.25) is 4.90 Å². The monoisotopic (exact) mass is 270 g/mol. The van der Waals surface area contributed by atoms with Crippen molar-refractivity contribution in [3.05, 3.63) is 0 Å². The zero-order valence-electron chi connectivity index (χ0n) is 12.7. The highest BCUT2D eigenvalue weighted by Gasteiger charge is 2.33. The van der Waals surface area contributed by atoms with Gasteiger partial charge in [0.15, 0.2) is 0 Å². The second-order valence-electron chi connectivity index (χ2n) is 6.02. The summed E-state index contributed by atoms with van der Waals surface area (Å²) in [6, 6.07) is 1.12.